The molecule has 22 heavy (non-hydrogen) atoms. The third-order valence-electron chi connectivity index (χ3n) is 5.44. The Morgan fingerprint density at radius 3 is 2.36 bits per heavy atom. The molecule has 0 radical (unpaired) electrons. The van der Waals surface area contributed by atoms with Crippen LogP contribution in [0, 0.1) is 17.8 Å². The number of rotatable bonds is 3. The lowest BCUT2D eigenvalue weighted by Crippen LogP contribution is -2.63. The minimum Gasteiger partial charge on any atom is -0.444 e. The summed E-state index contributed by atoms with van der Waals surface area (Å²) in [6, 6.07) is -0.0570. The van der Waals surface area contributed by atoms with Crippen LogP contribution in [0.25, 0.3) is 0 Å². The second-order valence-corrected chi connectivity index (χ2v) is 8.52. The van der Waals surface area contributed by atoms with Crippen LogP contribution < -0.4 is 0 Å². The second kappa shape index (κ2) is 5.54. The zero-order chi connectivity index (χ0) is 16.1. The van der Waals surface area contributed by atoms with Crippen molar-refractivity contribution in [3.8, 4) is 0 Å². The number of ketones is 1. The van der Waals surface area contributed by atoms with Crippen molar-refractivity contribution in [2.45, 2.75) is 83.9 Å². The number of Topliss-reactive ketones (excluding diaryl/α,β-unsaturated/α-hetero) is 1. The first-order valence-electron chi connectivity index (χ1n) is 8.78. The average Bonchev–Trinajstić information content (AvgIpc) is 3.20. The van der Waals surface area contributed by atoms with Crippen LogP contribution in [0.3, 0.4) is 0 Å². The van der Waals surface area contributed by atoms with Gasteiger partial charge in [-0.25, -0.2) is 4.79 Å². The van der Waals surface area contributed by atoms with Gasteiger partial charge in [-0.3, -0.25) is 9.69 Å². The highest BCUT2D eigenvalue weighted by Crippen LogP contribution is 2.48. The smallest absolute Gasteiger partial charge is 0.411 e. The number of ether oxygens (including phenoxy) is 1. The molecule has 2 saturated heterocycles. The van der Waals surface area contributed by atoms with Crippen LogP contribution in [0.5, 0.6) is 0 Å². The molecule has 0 aromatic carbocycles. The zero-order valence-corrected chi connectivity index (χ0v) is 14.3. The number of carbonyl (C=O) groups is 2. The summed E-state index contributed by atoms with van der Waals surface area (Å²) in [6.45, 7) is 7.28. The maximum atomic E-state index is 12.7. The highest BCUT2D eigenvalue weighted by molar-refractivity contribution is 5.86. The van der Waals surface area contributed by atoms with E-state index < -0.39 is 5.60 Å². The van der Waals surface area contributed by atoms with Gasteiger partial charge in [-0.1, -0.05) is 12.8 Å². The Balaban J connectivity index is 1.81. The van der Waals surface area contributed by atoms with E-state index >= 15 is 0 Å². The molecule has 0 aromatic heterocycles. The van der Waals surface area contributed by atoms with E-state index in [2.05, 4.69) is 0 Å². The first-order chi connectivity index (χ1) is 10.3. The number of fused-ring (bicyclic) bond motifs is 3. The Morgan fingerprint density at radius 1 is 1.14 bits per heavy atom. The van der Waals surface area contributed by atoms with Crippen molar-refractivity contribution in [2.24, 2.45) is 17.8 Å². The molecular formula is C18H29NO3. The summed E-state index contributed by atoms with van der Waals surface area (Å²) < 4.78 is 5.61. The first-order valence-corrected chi connectivity index (χ1v) is 8.78. The Labute approximate surface area is 133 Å². The van der Waals surface area contributed by atoms with Crippen LogP contribution in [0.15, 0.2) is 0 Å². The lowest BCUT2D eigenvalue weighted by Gasteiger charge is -2.54. The predicted octanol–water partition coefficient (Wildman–Crippen LogP) is 3.78. The summed E-state index contributed by atoms with van der Waals surface area (Å²) in [5.41, 5.74) is -0.513. The zero-order valence-electron chi connectivity index (χ0n) is 14.3. The van der Waals surface area contributed by atoms with Gasteiger partial charge in [-0.05, 0) is 71.1 Å². The van der Waals surface area contributed by atoms with Crippen molar-refractivity contribution in [3.05, 3.63) is 0 Å². The Bertz CT molecular complexity index is 463. The lowest BCUT2D eigenvalue weighted by molar-refractivity contribution is -0.134. The molecule has 0 N–H and O–H groups in total. The average molecular weight is 307 g/mol. The molecule has 4 aliphatic rings. The fraction of sp³-hybridized carbons (Fsp3) is 0.889. The molecule has 4 rings (SSSR count). The third-order valence-corrected chi connectivity index (χ3v) is 5.44. The van der Waals surface area contributed by atoms with E-state index in [1.165, 1.54) is 19.3 Å². The van der Waals surface area contributed by atoms with Gasteiger partial charge in [0, 0.05) is 6.04 Å². The number of hydrogen-bond donors (Lipinski definition) is 0. The molecule has 4 fully saturated rings. The Kier molecular flexibility index (Phi) is 3.98. The van der Waals surface area contributed by atoms with E-state index in [9.17, 15) is 9.59 Å². The van der Waals surface area contributed by atoms with Crippen LogP contribution >= 0.6 is 0 Å². The summed E-state index contributed by atoms with van der Waals surface area (Å²) in [5.74, 6) is 1.87. The molecule has 2 saturated carbocycles. The van der Waals surface area contributed by atoms with Gasteiger partial charge in [-0.15, -0.1) is 0 Å². The summed E-state index contributed by atoms with van der Waals surface area (Å²) in [5, 5.41) is 0. The van der Waals surface area contributed by atoms with E-state index in [4.69, 9.17) is 4.74 Å². The summed E-state index contributed by atoms with van der Waals surface area (Å²) >= 11 is 0. The highest BCUT2D eigenvalue weighted by Gasteiger charge is 2.52. The standard InChI is InChI=1S/C18H29NO3/c1-11(20)16-13-7-8-15(14(10-13)9-12-5-6-12)19(16)17(21)22-18(2,3)4/h12-16H,5-10H2,1-4H3/t13-,14+,15+,16-/m1/s1. The van der Waals surface area contributed by atoms with Crippen LogP contribution in [0.4, 0.5) is 4.79 Å². The summed E-state index contributed by atoms with van der Waals surface area (Å²) in [7, 11) is 0. The van der Waals surface area contributed by atoms with E-state index in [0.717, 1.165) is 25.2 Å². The molecule has 4 heteroatoms. The van der Waals surface area contributed by atoms with Crippen LogP contribution in [-0.4, -0.2) is 34.5 Å². The topological polar surface area (TPSA) is 46.6 Å². The van der Waals surface area contributed by atoms with E-state index in [0.29, 0.717) is 11.8 Å². The Hall–Kier alpha value is -1.06. The first kappa shape index (κ1) is 15.8. The minimum absolute atomic E-state index is 0.116. The summed E-state index contributed by atoms with van der Waals surface area (Å²) in [6.07, 6.45) is 6.85. The molecule has 4 atom stereocenters. The number of hydrogen-bond acceptors (Lipinski definition) is 3. The van der Waals surface area contributed by atoms with Crippen molar-refractivity contribution in [2.75, 3.05) is 0 Å². The molecule has 2 bridgehead atoms. The molecule has 2 aliphatic heterocycles. The van der Waals surface area contributed by atoms with Gasteiger partial charge in [0.25, 0.3) is 0 Å². The maximum Gasteiger partial charge on any atom is 0.411 e. The number of carbonyl (C=O) groups excluding carboxylic acids is 2. The second-order valence-electron chi connectivity index (χ2n) is 8.52. The van der Waals surface area contributed by atoms with Crippen LogP contribution in [-0.2, 0) is 9.53 Å². The van der Waals surface area contributed by atoms with Gasteiger partial charge in [0.05, 0.1) is 6.04 Å². The number of piperidine rings is 2. The molecule has 0 spiro atoms. The third kappa shape index (κ3) is 3.16. The number of nitrogens with zero attached hydrogens (tertiary/aromatic N) is 1. The van der Waals surface area contributed by atoms with E-state index in [1.54, 1.807) is 6.92 Å². The van der Waals surface area contributed by atoms with Crippen molar-refractivity contribution < 1.29 is 14.3 Å². The van der Waals surface area contributed by atoms with Gasteiger partial charge in [0.1, 0.15) is 5.60 Å². The molecule has 0 unspecified atom stereocenters. The minimum atomic E-state index is -0.513. The van der Waals surface area contributed by atoms with Gasteiger partial charge >= 0.3 is 6.09 Å². The van der Waals surface area contributed by atoms with Crippen LogP contribution in [0.1, 0.15) is 66.2 Å². The highest BCUT2D eigenvalue weighted by atomic mass is 16.6. The predicted molar refractivity (Wildman–Crippen MR) is 84.5 cm³/mol. The van der Waals surface area contributed by atoms with Crippen molar-refractivity contribution >= 4 is 11.9 Å². The van der Waals surface area contributed by atoms with Crippen LogP contribution in [0.2, 0.25) is 0 Å². The quantitative estimate of drug-likeness (QED) is 0.797. The SMILES string of the molecule is CC(=O)[C@@H]1[C@@H]2CC[C@@H]([C@@H](CC3CC3)C2)N1C(=O)OC(C)(C)C. The summed E-state index contributed by atoms with van der Waals surface area (Å²) in [4.78, 5) is 26.7. The largest absolute Gasteiger partial charge is 0.444 e. The molecule has 2 aliphatic carbocycles. The Morgan fingerprint density at radius 2 is 1.82 bits per heavy atom. The van der Waals surface area contributed by atoms with Crippen molar-refractivity contribution in [1.29, 1.82) is 0 Å². The molecule has 124 valence electrons. The normalized spacial score (nSPS) is 34.6. The van der Waals surface area contributed by atoms with E-state index in [-0.39, 0.29) is 24.0 Å². The molecule has 1 amide bonds. The fourth-order valence-electron chi connectivity index (χ4n) is 4.50. The number of amides is 1. The van der Waals surface area contributed by atoms with Gasteiger partial charge < -0.3 is 4.74 Å². The van der Waals surface area contributed by atoms with Gasteiger partial charge in [0.15, 0.2) is 5.78 Å². The van der Waals surface area contributed by atoms with Crippen molar-refractivity contribution in [1.82, 2.24) is 4.90 Å². The van der Waals surface area contributed by atoms with Gasteiger partial charge in [-0.2, -0.15) is 0 Å². The molecule has 0 aromatic rings. The fourth-order valence-corrected chi connectivity index (χ4v) is 4.50. The lowest BCUT2D eigenvalue weighted by atomic mass is 9.66. The van der Waals surface area contributed by atoms with Gasteiger partial charge in [0.2, 0.25) is 0 Å². The molecular weight excluding hydrogens is 278 g/mol. The molecule has 4 nitrogen and oxygen atoms in total. The maximum absolute atomic E-state index is 12.7. The monoisotopic (exact) mass is 307 g/mol. The van der Waals surface area contributed by atoms with Crippen molar-refractivity contribution in [3.63, 3.8) is 0 Å². The molecule has 2 heterocycles. The van der Waals surface area contributed by atoms with E-state index in [1.807, 2.05) is 25.7 Å².